The maximum Gasteiger partial charge on any atom is 0.339 e. The lowest BCUT2D eigenvalue weighted by molar-refractivity contribution is 0.0693. The zero-order valence-corrected chi connectivity index (χ0v) is 25.1. The second-order valence-electron chi connectivity index (χ2n) is 10.4. The molecule has 3 N–H and O–H groups in total. The number of hydrogen-bond donors (Lipinski definition) is 3. The van der Waals surface area contributed by atoms with Crippen LogP contribution in [0.5, 0.6) is 5.75 Å². The fourth-order valence-corrected chi connectivity index (χ4v) is 7.76. The number of carbonyl (C=O) groups is 1. The highest BCUT2D eigenvalue weighted by atomic mass is 35.5. The minimum atomic E-state index is -4.27. The highest BCUT2D eigenvalue weighted by Gasteiger charge is 2.34. The van der Waals surface area contributed by atoms with E-state index in [0.717, 1.165) is 45.6 Å². The first-order chi connectivity index (χ1) is 19.8. The molecule has 0 radical (unpaired) electrons. The predicted octanol–water partition coefficient (Wildman–Crippen LogP) is 6.75. The van der Waals surface area contributed by atoms with Gasteiger partial charge >= 0.3 is 5.97 Å². The lowest BCUT2D eigenvalue weighted by atomic mass is 9.77. The summed E-state index contributed by atoms with van der Waals surface area (Å²) in [4.78, 5) is 11.9. The molecule has 214 valence electrons. The molecule has 0 atom stereocenters. The Hall–Kier alpha value is -4.37. The molecule has 0 unspecified atom stereocenters. The fraction of sp³-hybridized carbons (Fsp3) is 0.167. The van der Waals surface area contributed by atoms with Crippen molar-refractivity contribution in [3.63, 3.8) is 0 Å². The maximum atomic E-state index is 13.2. The van der Waals surface area contributed by atoms with E-state index in [2.05, 4.69) is 15.9 Å². The number of halogens is 1. The van der Waals surface area contributed by atoms with E-state index in [1.165, 1.54) is 11.3 Å². The van der Waals surface area contributed by atoms with E-state index in [0.29, 0.717) is 17.1 Å². The summed E-state index contributed by atoms with van der Waals surface area (Å²) in [6, 6.07) is 14.7. The van der Waals surface area contributed by atoms with Crippen molar-refractivity contribution < 1.29 is 23.4 Å². The molecule has 1 aliphatic rings. The summed E-state index contributed by atoms with van der Waals surface area (Å²) in [6.45, 7) is 5.92. The molecule has 2 heterocycles. The lowest BCUT2D eigenvalue weighted by Crippen LogP contribution is -2.20. The molecule has 0 saturated heterocycles. The van der Waals surface area contributed by atoms with E-state index in [-0.39, 0.29) is 15.5 Å². The van der Waals surface area contributed by atoms with E-state index >= 15 is 0 Å². The molecule has 5 rings (SSSR count). The number of rotatable bonds is 7. The Kier molecular flexibility index (Phi) is 7.49. The normalized spacial score (nSPS) is 14.3. The number of hydrogen-bond acceptors (Lipinski definition) is 7. The number of aromatic nitrogens is 2. The van der Waals surface area contributed by atoms with Crippen molar-refractivity contribution in [1.29, 1.82) is 5.26 Å². The highest BCUT2D eigenvalue weighted by molar-refractivity contribution is 7.93. The third kappa shape index (κ3) is 5.32. The predicted molar refractivity (Wildman–Crippen MR) is 163 cm³/mol. The topological polar surface area (TPSA) is 145 Å². The van der Waals surface area contributed by atoms with Crippen molar-refractivity contribution in [3.8, 4) is 17.5 Å². The van der Waals surface area contributed by atoms with Crippen LogP contribution in [0.2, 0.25) is 5.15 Å². The maximum absolute atomic E-state index is 13.2. The van der Waals surface area contributed by atoms with Crippen molar-refractivity contribution in [2.45, 2.75) is 37.5 Å². The summed E-state index contributed by atoms with van der Waals surface area (Å²) < 4.78 is 30.5. The van der Waals surface area contributed by atoms with Crippen molar-refractivity contribution in [2.75, 3.05) is 4.72 Å². The van der Waals surface area contributed by atoms with E-state index in [1.807, 2.05) is 69.3 Å². The summed E-state index contributed by atoms with van der Waals surface area (Å²) >= 11 is 7.86. The Labute approximate surface area is 251 Å². The first-order valence-electron chi connectivity index (χ1n) is 12.7. The Bertz CT molecular complexity index is 1950. The van der Waals surface area contributed by atoms with Gasteiger partial charge in [0.1, 0.15) is 27.5 Å². The number of thiophene rings is 1. The summed E-state index contributed by atoms with van der Waals surface area (Å²) in [5.74, 6) is -2.02. The second-order valence-corrected chi connectivity index (χ2v) is 13.5. The molecule has 2 aromatic carbocycles. The third-order valence-corrected chi connectivity index (χ3v) is 10.2. The number of fused-ring (bicyclic) bond motifs is 1. The number of allylic oxidation sites excluding steroid dienone is 2. The Morgan fingerprint density at radius 3 is 2.60 bits per heavy atom. The Morgan fingerprint density at radius 2 is 1.93 bits per heavy atom. The van der Waals surface area contributed by atoms with E-state index in [9.17, 15) is 28.7 Å². The van der Waals surface area contributed by atoms with Gasteiger partial charge in [0.2, 0.25) is 0 Å². The molecule has 0 amide bonds. The molecule has 0 aliphatic heterocycles. The van der Waals surface area contributed by atoms with Crippen LogP contribution in [0.25, 0.3) is 17.8 Å². The van der Waals surface area contributed by atoms with Crippen LogP contribution in [0.3, 0.4) is 0 Å². The molecule has 1 aliphatic carbocycles. The SMILES string of the molecule is Cc1nn(-c2ccccc2)c(Cl)c1/C=C\C1=Cc2c(sc(NS(=O)(=O)c3ccc(O)c(C(=O)O)c3)c2C#N)C(C)(C)C1. The zero-order chi connectivity index (χ0) is 30.4. The third-order valence-electron chi connectivity index (χ3n) is 6.90. The molecular formula is C30H25ClN4O5S2. The molecule has 42 heavy (non-hydrogen) atoms. The minimum absolute atomic E-state index is 0.130. The number of phenols is 1. The Morgan fingerprint density at radius 1 is 1.21 bits per heavy atom. The summed E-state index contributed by atoms with van der Waals surface area (Å²) in [7, 11) is -4.27. The first kappa shape index (κ1) is 29.1. The van der Waals surface area contributed by atoms with Crippen LogP contribution in [-0.2, 0) is 15.4 Å². The van der Waals surface area contributed by atoms with Gasteiger partial charge in [0.05, 0.1) is 21.8 Å². The molecule has 4 aromatic rings. The summed E-state index contributed by atoms with van der Waals surface area (Å²) in [5.41, 5.74) is 3.09. The quantitative estimate of drug-likeness (QED) is 0.207. The molecule has 0 bridgehead atoms. The van der Waals surface area contributed by atoms with Gasteiger partial charge in [-0.2, -0.15) is 10.4 Å². The molecule has 2 aromatic heterocycles. The van der Waals surface area contributed by atoms with E-state index in [1.54, 1.807) is 4.68 Å². The van der Waals surface area contributed by atoms with Gasteiger partial charge in [-0.05, 0) is 61.4 Å². The number of para-hydroxylation sites is 1. The fourth-order valence-electron chi connectivity index (χ4n) is 4.87. The van der Waals surface area contributed by atoms with Gasteiger partial charge in [-0.25, -0.2) is 17.9 Å². The van der Waals surface area contributed by atoms with Crippen LogP contribution in [-0.4, -0.2) is 34.4 Å². The number of nitrogens with one attached hydrogen (secondary N) is 1. The minimum Gasteiger partial charge on any atom is -0.507 e. The largest absolute Gasteiger partial charge is 0.507 e. The first-order valence-corrected chi connectivity index (χ1v) is 15.4. The number of nitriles is 1. The molecule has 12 heteroatoms. The van der Waals surface area contributed by atoms with Gasteiger partial charge in [0, 0.05) is 21.4 Å². The van der Waals surface area contributed by atoms with Gasteiger partial charge in [0.25, 0.3) is 10.0 Å². The van der Waals surface area contributed by atoms with Gasteiger partial charge in [-0.15, -0.1) is 11.3 Å². The number of aromatic hydroxyl groups is 1. The Balaban J connectivity index is 1.50. The van der Waals surface area contributed by atoms with Crippen LogP contribution < -0.4 is 4.72 Å². The van der Waals surface area contributed by atoms with Crippen LogP contribution in [0, 0.1) is 18.3 Å². The van der Waals surface area contributed by atoms with Crippen LogP contribution in [0.4, 0.5) is 5.00 Å². The summed E-state index contributed by atoms with van der Waals surface area (Å²) in [6.07, 6.45) is 6.32. The van der Waals surface area contributed by atoms with Gasteiger partial charge in [-0.1, -0.05) is 49.7 Å². The molecule has 0 saturated carbocycles. The van der Waals surface area contributed by atoms with Crippen LogP contribution >= 0.6 is 22.9 Å². The van der Waals surface area contributed by atoms with Crippen molar-refractivity contribution in [3.05, 3.63) is 98.2 Å². The standard InChI is InChI=1S/C30H25ClN4O5S2/c1-17-21(27(31)35(33-17)19-7-5-4-6-8-19)11-9-18-13-22-24(16-32)28(41-26(22)30(2,3)15-18)34-42(39,40)20-10-12-25(36)23(14-20)29(37)38/h4-14,34,36H,15H2,1-3H3,(H,37,38)/b11-9-. The molecule has 0 spiro atoms. The average molecular weight is 621 g/mol. The van der Waals surface area contributed by atoms with Gasteiger partial charge in [-0.3, -0.25) is 4.72 Å². The van der Waals surface area contributed by atoms with Gasteiger partial charge < -0.3 is 10.2 Å². The van der Waals surface area contributed by atoms with Crippen molar-refractivity contribution >= 4 is 56.1 Å². The van der Waals surface area contributed by atoms with Gasteiger partial charge in [0.15, 0.2) is 0 Å². The van der Waals surface area contributed by atoms with Crippen molar-refractivity contribution in [2.24, 2.45) is 0 Å². The number of anilines is 1. The zero-order valence-electron chi connectivity index (χ0n) is 22.7. The number of carboxylic acid groups (broad SMARTS) is 1. The summed E-state index contributed by atoms with van der Waals surface area (Å²) in [5, 5.41) is 34.3. The van der Waals surface area contributed by atoms with Crippen molar-refractivity contribution in [1.82, 2.24) is 9.78 Å². The average Bonchev–Trinajstić information content (AvgIpc) is 3.43. The smallest absolute Gasteiger partial charge is 0.339 e. The van der Waals surface area contributed by atoms with E-state index < -0.39 is 32.7 Å². The lowest BCUT2D eigenvalue weighted by Gasteiger charge is -2.29. The number of sulfonamides is 1. The van der Waals surface area contributed by atoms with Crippen LogP contribution in [0.1, 0.15) is 57.9 Å². The number of carboxylic acids is 1. The molecule has 9 nitrogen and oxygen atoms in total. The monoisotopic (exact) mass is 620 g/mol. The van der Waals surface area contributed by atoms with Crippen LogP contribution in [0.15, 0.2) is 65.1 Å². The number of aromatic carboxylic acids is 1. The van der Waals surface area contributed by atoms with E-state index in [4.69, 9.17) is 11.6 Å². The number of benzene rings is 2. The number of aryl methyl sites for hydroxylation is 1. The molecular weight excluding hydrogens is 596 g/mol. The molecule has 0 fully saturated rings. The number of nitrogens with zero attached hydrogens (tertiary/aromatic N) is 3. The second kappa shape index (κ2) is 10.8. The highest BCUT2D eigenvalue weighted by Crippen LogP contribution is 2.48.